The molecule has 0 saturated carbocycles. The Morgan fingerprint density at radius 2 is 1.17 bits per heavy atom. The van der Waals surface area contributed by atoms with Crippen LogP contribution in [-0.2, 0) is 27.4 Å². The molecule has 0 bridgehead atoms. The van der Waals surface area contributed by atoms with Gasteiger partial charge in [-0.15, -0.1) is 0 Å². The van der Waals surface area contributed by atoms with Crippen molar-refractivity contribution in [3.8, 4) is 0 Å². The van der Waals surface area contributed by atoms with Gasteiger partial charge in [-0.3, -0.25) is 0 Å². The molecule has 0 saturated heterocycles. The van der Waals surface area contributed by atoms with Gasteiger partial charge in [0.25, 0.3) is 0 Å². The maximum absolute atomic E-state index is 9.64. The van der Waals surface area contributed by atoms with Crippen LogP contribution in [0, 0.1) is 0 Å². The van der Waals surface area contributed by atoms with Crippen LogP contribution in [0.1, 0.15) is 0 Å². The first-order valence-electron chi connectivity index (χ1n) is 0.878. The molecule has 0 aliphatic heterocycles. The Hall–Kier alpha value is 0.235. The van der Waals surface area contributed by atoms with E-state index in [1.54, 1.807) is 0 Å². The molecular formula is H3FO3SiW. The summed E-state index contributed by atoms with van der Waals surface area (Å²) in [5.41, 5.74) is 0. The van der Waals surface area contributed by atoms with E-state index in [1.807, 2.05) is 0 Å². The predicted molar refractivity (Wildman–Crippen MR) is 13.1 cm³/mol. The molecule has 0 aliphatic carbocycles. The Morgan fingerprint density at radius 1 is 1.17 bits per heavy atom. The third-order valence-electron chi connectivity index (χ3n) is 0. The van der Waals surface area contributed by atoms with Crippen LogP contribution in [0.25, 0.3) is 0 Å². The van der Waals surface area contributed by atoms with Crippen molar-refractivity contribution in [1.82, 2.24) is 0 Å². The standard InChI is InChI=1S/FH3Si.3O.W/c1-2;;;;/h2H3;;;;. The second-order valence-corrected chi connectivity index (χ2v) is 1.67. The van der Waals surface area contributed by atoms with Crippen LogP contribution < -0.4 is 0 Å². The van der Waals surface area contributed by atoms with Gasteiger partial charge in [0, 0.05) is 0 Å². The molecular weight excluding hydrogens is 279 g/mol. The van der Waals surface area contributed by atoms with Crippen LogP contribution in [0.15, 0.2) is 0 Å². The van der Waals surface area contributed by atoms with E-state index in [0.717, 1.165) is 0 Å². The average molecular weight is 282 g/mol. The van der Waals surface area contributed by atoms with Crippen LogP contribution in [0.4, 0.5) is 4.11 Å². The maximum atomic E-state index is 9.64. The molecule has 0 heterocycles. The molecule has 0 aromatic rings. The molecule has 0 rings (SSSR count). The summed E-state index contributed by atoms with van der Waals surface area (Å²) in [6.07, 6.45) is 0. The van der Waals surface area contributed by atoms with Crippen molar-refractivity contribution in [1.29, 1.82) is 0 Å². The molecule has 0 amide bonds. The summed E-state index contributed by atoms with van der Waals surface area (Å²) >= 11 is -4.28. The minimum absolute atomic E-state index is 0.194. The van der Waals surface area contributed by atoms with E-state index < -0.39 is 17.2 Å². The van der Waals surface area contributed by atoms with Gasteiger partial charge in [0.05, 0.1) is 0 Å². The Balaban J connectivity index is 0. The van der Waals surface area contributed by atoms with Crippen LogP contribution in [0.3, 0.4) is 0 Å². The molecule has 6 heteroatoms. The van der Waals surface area contributed by atoms with E-state index in [9.17, 15) is 4.11 Å². The number of hydrogen-bond donors (Lipinski definition) is 0. The first-order valence-corrected chi connectivity index (χ1v) is 5.23. The van der Waals surface area contributed by atoms with Gasteiger partial charge >= 0.3 is 27.4 Å². The Bertz CT molecular complexity index is 80.2. The van der Waals surface area contributed by atoms with Crippen molar-refractivity contribution in [2.24, 2.45) is 0 Å². The predicted octanol–water partition coefficient (Wildman–Crippen LogP) is -1.12. The summed E-state index contributed by atoms with van der Waals surface area (Å²) in [4.78, 5) is 0. The number of hydrogen-bond acceptors (Lipinski definition) is 3. The van der Waals surface area contributed by atoms with Crippen molar-refractivity contribution in [2.45, 2.75) is 0 Å². The van der Waals surface area contributed by atoms with Gasteiger partial charge in [-0.05, 0) is 0 Å². The molecule has 0 aromatic carbocycles. The normalized spacial score (nSPS) is 5.50. The van der Waals surface area contributed by atoms with Crippen molar-refractivity contribution < 1.29 is 31.5 Å². The van der Waals surface area contributed by atoms with Crippen LogP contribution in [0.5, 0.6) is 0 Å². The molecule has 0 spiro atoms. The first-order chi connectivity index (χ1) is 2.73. The fourth-order valence-corrected chi connectivity index (χ4v) is 0. The van der Waals surface area contributed by atoms with Gasteiger partial charge in [-0.2, -0.15) is 0 Å². The number of rotatable bonds is 0. The molecule has 0 N–H and O–H groups in total. The molecule has 0 unspecified atom stereocenters. The zero-order valence-electron chi connectivity index (χ0n) is 3.01. The van der Waals surface area contributed by atoms with E-state index >= 15 is 0 Å². The van der Waals surface area contributed by atoms with E-state index in [0.29, 0.717) is 0 Å². The summed E-state index contributed by atoms with van der Waals surface area (Å²) in [6, 6.07) is 0. The summed E-state index contributed by atoms with van der Waals surface area (Å²) in [6.45, 7) is 0. The SMILES string of the molecule is F[SiH3].[O]=[W](=[O])=[O]. The Kier molecular flexibility index (Phi) is 14.2. The molecule has 38 valence electrons. The van der Waals surface area contributed by atoms with E-state index in [-0.39, 0.29) is 10.6 Å². The van der Waals surface area contributed by atoms with Crippen molar-refractivity contribution in [2.75, 3.05) is 0 Å². The Labute approximate surface area is 42.6 Å². The van der Waals surface area contributed by atoms with Gasteiger partial charge in [0.2, 0.25) is 10.6 Å². The molecule has 0 atom stereocenters. The number of halogens is 1. The van der Waals surface area contributed by atoms with Gasteiger partial charge in [0.1, 0.15) is 0 Å². The second kappa shape index (κ2) is 8.97. The fraction of sp³-hybridized carbons (Fsp3) is 0. The monoisotopic (exact) mass is 282 g/mol. The van der Waals surface area contributed by atoms with Crippen molar-refractivity contribution >= 4 is 10.6 Å². The third kappa shape index (κ3) is 801. The first kappa shape index (κ1) is 9.53. The molecule has 0 aliphatic rings. The molecule has 0 aromatic heterocycles. The zero-order chi connectivity index (χ0) is 5.58. The molecule has 0 radical (unpaired) electrons. The van der Waals surface area contributed by atoms with Crippen LogP contribution in [0.2, 0.25) is 0 Å². The van der Waals surface area contributed by atoms with E-state index in [1.165, 1.54) is 0 Å². The van der Waals surface area contributed by atoms with Crippen molar-refractivity contribution in [3.05, 3.63) is 0 Å². The summed E-state index contributed by atoms with van der Waals surface area (Å²) in [5.74, 6) is 0. The van der Waals surface area contributed by atoms with Gasteiger partial charge in [-0.1, -0.05) is 0 Å². The third-order valence-corrected chi connectivity index (χ3v) is 0. The molecule has 0 fully saturated rings. The zero-order valence-corrected chi connectivity index (χ0v) is 7.94. The van der Waals surface area contributed by atoms with E-state index in [4.69, 9.17) is 10.2 Å². The van der Waals surface area contributed by atoms with Gasteiger partial charge < -0.3 is 4.11 Å². The van der Waals surface area contributed by atoms with Gasteiger partial charge in [0.15, 0.2) is 0 Å². The minimum atomic E-state index is -4.28. The van der Waals surface area contributed by atoms with Crippen LogP contribution in [-0.4, -0.2) is 10.6 Å². The summed E-state index contributed by atoms with van der Waals surface area (Å²) in [7, 11) is -0.194. The van der Waals surface area contributed by atoms with Crippen LogP contribution >= 0.6 is 0 Å². The molecule has 6 heavy (non-hydrogen) atoms. The fourth-order valence-electron chi connectivity index (χ4n) is 0. The second-order valence-electron chi connectivity index (χ2n) is 0.204. The van der Waals surface area contributed by atoms with Crippen molar-refractivity contribution in [3.63, 3.8) is 0 Å². The van der Waals surface area contributed by atoms with Gasteiger partial charge in [-0.25, -0.2) is 0 Å². The topological polar surface area (TPSA) is 51.2 Å². The summed E-state index contributed by atoms with van der Waals surface area (Å²) in [5, 5.41) is 0. The quantitative estimate of drug-likeness (QED) is 0.417. The Morgan fingerprint density at radius 3 is 1.17 bits per heavy atom. The summed E-state index contributed by atoms with van der Waals surface area (Å²) < 4.78 is 35.5. The average Bonchev–Trinajstić information content (AvgIpc) is 1.41. The molecule has 3 nitrogen and oxygen atoms in total. The van der Waals surface area contributed by atoms with E-state index in [2.05, 4.69) is 0 Å².